The number of nitrogens with zero attached hydrogens (tertiary/aromatic N) is 1. The number of hydrogen-bond donors (Lipinski definition) is 0. The fourth-order valence-corrected chi connectivity index (χ4v) is 1.60. The van der Waals surface area contributed by atoms with Crippen molar-refractivity contribution in [3.63, 3.8) is 0 Å². The first-order valence-electron chi connectivity index (χ1n) is 5.56. The van der Waals surface area contributed by atoms with Gasteiger partial charge in [-0.3, -0.25) is 14.9 Å². The van der Waals surface area contributed by atoms with Crippen LogP contribution in [0, 0.1) is 10.1 Å². The molecule has 0 saturated carbocycles. The molecule has 0 radical (unpaired) electrons. The monoisotopic (exact) mass is 279 g/mol. The normalized spacial score (nSPS) is 11.3. The molecule has 1 aromatic carbocycles. The standard InChI is InChI=1S/C13H13NO6/c1-8(13(16)19-3)12(20-9(2)15)10-6-4-5-7-11(10)14(17)18/h4-7,12H,1H2,2-3H3. The Bertz CT molecular complexity index is 566. The summed E-state index contributed by atoms with van der Waals surface area (Å²) in [6.45, 7) is 4.61. The number of hydrogen-bond acceptors (Lipinski definition) is 6. The van der Waals surface area contributed by atoms with Crippen LogP contribution in [0.3, 0.4) is 0 Å². The van der Waals surface area contributed by atoms with Crippen molar-refractivity contribution in [3.8, 4) is 0 Å². The third-order valence-electron chi connectivity index (χ3n) is 2.46. The van der Waals surface area contributed by atoms with Gasteiger partial charge in [0.15, 0.2) is 6.10 Å². The maximum Gasteiger partial charge on any atom is 0.337 e. The number of ether oxygens (including phenoxy) is 2. The molecule has 0 fully saturated rings. The van der Waals surface area contributed by atoms with Crippen LogP contribution in [0.1, 0.15) is 18.6 Å². The molecule has 1 rings (SSSR count). The van der Waals surface area contributed by atoms with Crippen molar-refractivity contribution in [3.05, 3.63) is 52.1 Å². The van der Waals surface area contributed by atoms with Crippen LogP contribution in [0.2, 0.25) is 0 Å². The van der Waals surface area contributed by atoms with Gasteiger partial charge >= 0.3 is 11.9 Å². The summed E-state index contributed by atoms with van der Waals surface area (Å²) in [6.07, 6.45) is -1.26. The van der Waals surface area contributed by atoms with E-state index in [1.807, 2.05) is 0 Å². The van der Waals surface area contributed by atoms with E-state index in [0.717, 1.165) is 14.0 Å². The van der Waals surface area contributed by atoms with E-state index < -0.39 is 23.0 Å². The maximum atomic E-state index is 11.5. The van der Waals surface area contributed by atoms with Crippen LogP contribution in [0.25, 0.3) is 0 Å². The van der Waals surface area contributed by atoms with Gasteiger partial charge in [-0.15, -0.1) is 0 Å². The van der Waals surface area contributed by atoms with Crippen LogP contribution in [0.5, 0.6) is 0 Å². The molecular formula is C13H13NO6. The SMILES string of the molecule is C=C(C(=O)OC)C(OC(C)=O)c1ccccc1[N+](=O)[O-]. The predicted octanol–water partition coefficient (Wildman–Crippen LogP) is 1.93. The number of nitro benzene ring substituents is 1. The third-order valence-corrected chi connectivity index (χ3v) is 2.46. The fourth-order valence-electron chi connectivity index (χ4n) is 1.60. The van der Waals surface area contributed by atoms with Crippen LogP contribution >= 0.6 is 0 Å². The van der Waals surface area contributed by atoms with Gasteiger partial charge in [-0.2, -0.15) is 0 Å². The molecule has 1 atom stereocenters. The molecule has 0 aromatic heterocycles. The molecule has 0 aliphatic heterocycles. The Morgan fingerprint density at radius 3 is 2.45 bits per heavy atom. The van der Waals surface area contributed by atoms with Gasteiger partial charge in [0, 0.05) is 13.0 Å². The number of rotatable bonds is 5. The summed E-state index contributed by atoms with van der Waals surface area (Å²) in [5.41, 5.74) is -0.413. The van der Waals surface area contributed by atoms with Gasteiger partial charge in [0.2, 0.25) is 0 Å². The van der Waals surface area contributed by atoms with Gasteiger partial charge in [-0.05, 0) is 6.07 Å². The zero-order valence-corrected chi connectivity index (χ0v) is 11.0. The maximum absolute atomic E-state index is 11.5. The smallest absolute Gasteiger partial charge is 0.337 e. The van der Waals surface area contributed by atoms with E-state index in [2.05, 4.69) is 11.3 Å². The zero-order chi connectivity index (χ0) is 15.3. The van der Waals surface area contributed by atoms with E-state index in [-0.39, 0.29) is 16.8 Å². The number of carbonyl (C=O) groups excluding carboxylic acids is 2. The molecule has 0 aliphatic carbocycles. The highest BCUT2D eigenvalue weighted by molar-refractivity contribution is 5.89. The second kappa shape index (κ2) is 6.46. The molecular weight excluding hydrogens is 266 g/mol. The first-order valence-corrected chi connectivity index (χ1v) is 5.56. The number of carbonyl (C=O) groups is 2. The van der Waals surface area contributed by atoms with Gasteiger partial charge in [0.05, 0.1) is 23.2 Å². The molecule has 1 unspecified atom stereocenters. The van der Waals surface area contributed by atoms with Gasteiger partial charge < -0.3 is 9.47 Å². The highest BCUT2D eigenvalue weighted by atomic mass is 16.6. The van der Waals surface area contributed by atoms with Crippen LogP contribution in [-0.2, 0) is 19.1 Å². The lowest BCUT2D eigenvalue weighted by Gasteiger charge is -2.18. The average molecular weight is 279 g/mol. The molecule has 106 valence electrons. The van der Waals surface area contributed by atoms with Crippen molar-refractivity contribution < 1.29 is 24.0 Å². The minimum Gasteiger partial charge on any atom is -0.466 e. The molecule has 0 saturated heterocycles. The van der Waals surface area contributed by atoms with Crippen molar-refractivity contribution in [2.45, 2.75) is 13.0 Å². The van der Waals surface area contributed by atoms with Crippen molar-refractivity contribution in [1.29, 1.82) is 0 Å². The average Bonchev–Trinajstić information content (AvgIpc) is 2.42. The molecule has 0 aliphatic rings. The highest BCUT2D eigenvalue weighted by Crippen LogP contribution is 2.32. The van der Waals surface area contributed by atoms with Gasteiger partial charge in [0.25, 0.3) is 5.69 Å². The number of esters is 2. The van der Waals surface area contributed by atoms with Gasteiger partial charge in [-0.25, -0.2) is 4.79 Å². The number of methoxy groups -OCH3 is 1. The third kappa shape index (κ3) is 3.41. The Kier molecular flexibility index (Phi) is 4.96. The minimum atomic E-state index is -1.26. The van der Waals surface area contributed by atoms with E-state index in [9.17, 15) is 19.7 Å². The Labute approximate surface area is 114 Å². The van der Waals surface area contributed by atoms with Crippen LogP contribution in [0.15, 0.2) is 36.4 Å². The van der Waals surface area contributed by atoms with Crippen molar-refractivity contribution in [2.24, 2.45) is 0 Å². The van der Waals surface area contributed by atoms with Crippen molar-refractivity contribution in [2.75, 3.05) is 7.11 Å². The Morgan fingerprint density at radius 1 is 1.35 bits per heavy atom. The Morgan fingerprint density at radius 2 is 1.95 bits per heavy atom. The second-order valence-electron chi connectivity index (χ2n) is 3.82. The second-order valence-corrected chi connectivity index (χ2v) is 3.82. The quantitative estimate of drug-likeness (QED) is 0.353. The van der Waals surface area contributed by atoms with E-state index in [1.165, 1.54) is 24.3 Å². The number of benzene rings is 1. The predicted molar refractivity (Wildman–Crippen MR) is 68.8 cm³/mol. The van der Waals surface area contributed by atoms with Crippen LogP contribution in [0.4, 0.5) is 5.69 Å². The molecule has 0 spiro atoms. The minimum absolute atomic E-state index is 0.0584. The summed E-state index contributed by atoms with van der Waals surface area (Å²) >= 11 is 0. The molecule has 20 heavy (non-hydrogen) atoms. The molecule has 7 nitrogen and oxygen atoms in total. The molecule has 7 heteroatoms. The summed E-state index contributed by atoms with van der Waals surface area (Å²) in [5, 5.41) is 11.0. The summed E-state index contributed by atoms with van der Waals surface area (Å²) in [7, 11) is 1.14. The highest BCUT2D eigenvalue weighted by Gasteiger charge is 2.30. The largest absolute Gasteiger partial charge is 0.466 e. The van der Waals surface area contributed by atoms with Crippen LogP contribution < -0.4 is 0 Å². The number of nitro groups is 1. The van der Waals surface area contributed by atoms with E-state index >= 15 is 0 Å². The number of para-hydroxylation sites is 1. The molecule has 0 amide bonds. The Balaban J connectivity index is 3.31. The first kappa shape index (κ1) is 15.4. The Hall–Kier alpha value is -2.70. The first-order chi connectivity index (χ1) is 9.38. The van der Waals surface area contributed by atoms with Gasteiger partial charge in [-0.1, -0.05) is 18.7 Å². The van der Waals surface area contributed by atoms with Crippen LogP contribution in [-0.4, -0.2) is 24.0 Å². The lowest BCUT2D eigenvalue weighted by molar-refractivity contribution is -0.386. The summed E-state index contributed by atoms with van der Waals surface area (Å²) in [4.78, 5) is 33.0. The summed E-state index contributed by atoms with van der Waals surface area (Å²) in [5.74, 6) is -1.51. The zero-order valence-electron chi connectivity index (χ0n) is 11.0. The molecule has 0 N–H and O–H groups in total. The molecule has 1 aromatic rings. The van der Waals surface area contributed by atoms with E-state index in [4.69, 9.17) is 4.74 Å². The summed E-state index contributed by atoms with van der Waals surface area (Å²) < 4.78 is 9.46. The lowest BCUT2D eigenvalue weighted by atomic mass is 10.0. The molecule has 0 bridgehead atoms. The lowest BCUT2D eigenvalue weighted by Crippen LogP contribution is -2.18. The molecule has 0 heterocycles. The van der Waals surface area contributed by atoms with E-state index in [0.29, 0.717) is 0 Å². The van der Waals surface area contributed by atoms with Crippen molar-refractivity contribution >= 4 is 17.6 Å². The fraction of sp³-hybridized carbons (Fsp3) is 0.231. The van der Waals surface area contributed by atoms with Gasteiger partial charge in [0.1, 0.15) is 0 Å². The van der Waals surface area contributed by atoms with E-state index in [1.54, 1.807) is 0 Å². The summed E-state index contributed by atoms with van der Waals surface area (Å²) in [6, 6.07) is 5.63. The topological polar surface area (TPSA) is 95.7 Å². The van der Waals surface area contributed by atoms with Crippen molar-refractivity contribution in [1.82, 2.24) is 0 Å².